The highest BCUT2D eigenvalue weighted by atomic mass is 79.9. The molecule has 1 aliphatic heterocycles. The predicted octanol–water partition coefficient (Wildman–Crippen LogP) is 2.80. The molecule has 1 aliphatic rings. The third kappa shape index (κ3) is 3.77. The fourth-order valence-electron chi connectivity index (χ4n) is 2.91. The van der Waals surface area contributed by atoms with Crippen molar-refractivity contribution >= 4 is 45.0 Å². The zero-order valence-corrected chi connectivity index (χ0v) is 15.7. The van der Waals surface area contributed by atoms with Crippen LogP contribution in [0.4, 0.5) is 11.4 Å². The predicted molar refractivity (Wildman–Crippen MR) is 103 cm³/mol. The van der Waals surface area contributed by atoms with Crippen LogP contribution in [-0.4, -0.2) is 31.3 Å². The molecule has 0 aromatic heterocycles. The fourth-order valence-corrected chi connectivity index (χ4v) is 3.18. The number of rotatable bonds is 4. The molecule has 1 fully saturated rings. The molecule has 0 spiro atoms. The van der Waals surface area contributed by atoms with Gasteiger partial charge in [-0.2, -0.15) is 0 Å². The van der Waals surface area contributed by atoms with Crippen molar-refractivity contribution in [2.75, 3.05) is 23.8 Å². The van der Waals surface area contributed by atoms with Gasteiger partial charge >= 0.3 is 0 Å². The summed E-state index contributed by atoms with van der Waals surface area (Å²) >= 11 is 3.37. The first kappa shape index (κ1) is 18.1. The Morgan fingerprint density at radius 3 is 2.50 bits per heavy atom. The van der Waals surface area contributed by atoms with Gasteiger partial charge in [0.2, 0.25) is 11.8 Å². The van der Waals surface area contributed by atoms with Gasteiger partial charge in [0.1, 0.15) is 0 Å². The van der Waals surface area contributed by atoms with Crippen LogP contribution < -0.4 is 15.5 Å². The summed E-state index contributed by atoms with van der Waals surface area (Å²) < 4.78 is 0.924. The van der Waals surface area contributed by atoms with Crippen LogP contribution in [0.5, 0.6) is 0 Å². The van der Waals surface area contributed by atoms with Gasteiger partial charge < -0.3 is 15.5 Å². The highest BCUT2D eigenvalue weighted by Gasteiger charge is 2.35. The van der Waals surface area contributed by atoms with Crippen LogP contribution in [0.1, 0.15) is 16.8 Å². The van der Waals surface area contributed by atoms with E-state index in [1.807, 2.05) is 24.3 Å². The summed E-state index contributed by atoms with van der Waals surface area (Å²) in [5.74, 6) is -1.11. The first-order valence-corrected chi connectivity index (χ1v) is 8.97. The fraction of sp³-hybridized carbons (Fsp3) is 0.211. The lowest BCUT2D eigenvalue weighted by Gasteiger charge is -2.17. The van der Waals surface area contributed by atoms with Gasteiger partial charge in [-0.05, 0) is 36.4 Å². The number of halogens is 1. The van der Waals surface area contributed by atoms with Crippen molar-refractivity contribution in [3.05, 3.63) is 58.6 Å². The maximum atomic E-state index is 12.6. The van der Waals surface area contributed by atoms with Gasteiger partial charge in [-0.1, -0.05) is 28.1 Å². The normalized spacial score (nSPS) is 16.5. The number of carbonyl (C=O) groups is 3. The van der Waals surface area contributed by atoms with Crippen LogP contribution in [0.3, 0.4) is 0 Å². The molecule has 3 rings (SSSR count). The molecule has 3 amide bonds. The second kappa shape index (κ2) is 7.70. The summed E-state index contributed by atoms with van der Waals surface area (Å²) in [5.41, 5.74) is 1.59. The van der Waals surface area contributed by atoms with E-state index in [9.17, 15) is 14.4 Å². The first-order chi connectivity index (χ1) is 12.5. The quantitative estimate of drug-likeness (QED) is 0.805. The van der Waals surface area contributed by atoms with Crippen LogP contribution in [0.15, 0.2) is 53.0 Å². The Labute approximate surface area is 159 Å². The second-order valence-corrected chi connectivity index (χ2v) is 6.91. The number of hydrogen-bond acceptors (Lipinski definition) is 3. The average Bonchev–Trinajstić information content (AvgIpc) is 3.04. The molecule has 1 heterocycles. The van der Waals surface area contributed by atoms with Crippen LogP contribution in [-0.2, 0) is 9.59 Å². The minimum absolute atomic E-state index is 0.0907. The molecular formula is C19H18BrN3O3. The molecule has 0 saturated carbocycles. The van der Waals surface area contributed by atoms with E-state index in [1.54, 1.807) is 29.2 Å². The monoisotopic (exact) mass is 415 g/mol. The van der Waals surface area contributed by atoms with Crippen molar-refractivity contribution in [1.82, 2.24) is 5.32 Å². The lowest BCUT2D eigenvalue weighted by atomic mass is 10.1. The molecule has 134 valence electrons. The number of nitrogens with zero attached hydrogens (tertiary/aromatic N) is 1. The molecule has 1 saturated heterocycles. The van der Waals surface area contributed by atoms with Gasteiger partial charge in [0, 0.05) is 30.2 Å². The summed E-state index contributed by atoms with van der Waals surface area (Å²) in [4.78, 5) is 38.5. The van der Waals surface area contributed by atoms with E-state index in [-0.39, 0.29) is 24.1 Å². The highest BCUT2D eigenvalue weighted by Crippen LogP contribution is 2.27. The summed E-state index contributed by atoms with van der Waals surface area (Å²) in [6.07, 6.45) is 0.143. The van der Waals surface area contributed by atoms with Crippen LogP contribution >= 0.6 is 15.9 Å². The first-order valence-electron chi connectivity index (χ1n) is 8.17. The van der Waals surface area contributed by atoms with Crippen LogP contribution in [0.2, 0.25) is 0 Å². The van der Waals surface area contributed by atoms with E-state index in [1.165, 1.54) is 7.05 Å². The molecule has 1 atom stereocenters. The Morgan fingerprint density at radius 1 is 1.12 bits per heavy atom. The smallest absolute Gasteiger partial charge is 0.253 e. The van der Waals surface area contributed by atoms with Crippen molar-refractivity contribution in [3.8, 4) is 0 Å². The Hall–Kier alpha value is -2.67. The SMILES string of the molecule is CNC(=O)c1ccccc1NC(=O)[C@H]1CC(=O)N(c2ccc(Br)cc2)C1. The Morgan fingerprint density at radius 2 is 1.81 bits per heavy atom. The van der Waals surface area contributed by atoms with Crippen LogP contribution in [0.25, 0.3) is 0 Å². The zero-order chi connectivity index (χ0) is 18.7. The lowest BCUT2D eigenvalue weighted by molar-refractivity contribution is -0.122. The topological polar surface area (TPSA) is 78.5 Å². The number of benzene rings is 2. The van der Waals surface area contributed by atoms with Crippen LogP contribution in [0, 0.1) is 5.92 Å². The van der Waals surface area contributed by atoms with Crippen molar-refractivity contribution < 1.29 is 14.4 Å². The molecule has 7 heteroatoms. The van der Waals surface area contributed by atoms with Crippen molar-refractivity contribution in [1.29, 1.82) is 0 Å². The summed E-state index contributed by atoms with van der Waals surface area (Å²) in [7, 11) is 1.53. The van der Waals surface area contributed by atoms with E-state index in [0.717, 1.165) is 10.2 Å². The van der Waals surface area contributed by atoms with E-state index in [4.69, 9.17) is 0 Å². The molecule has 0 unspecified atom stereocenters. The van der Waals surface area contributed by atoms with E-state index in [2.05, 4.69) is 26.6 Å². The lowest BCUT2D eigenvalue weighted by Crippen LogP contribution is -2.29. The van der Waals surface area contributed by atoms with E-state index >= 15 is 0 Å². The number of carbonyl (C=O) groups excluding carboxylic acids is 3. The van der Waals surface area contributed by atoms with E-state index < -0.39 is 5.92 Å². The molecule has 26 heavy (non-hydrogen) atoms. The Balaban J connectivity index is 1.73. The Kier molecular flexibility index (Phi) is 5.37. The van der Waals surface area contributed by atoms with E-state index in [0.29, 0.717) is 17.8 Å². The van der Waals surface area contributed by atoms with Crippen molar-refractivity contribution in [2.24, 2.45) is 5.92 Å². The standard InChI is InChI=1S/C19H18BrN3O3/c1-21-19(26)15-4-2-3-5-16(15)22-18(25)12-10-17(24)23(11-12)14-8-6-13(20)7-9-14/h2-9,12H,10-11H2,1H3,(H,21,26)(H,22,25)/t12-/m0/s1. The van der Waals surface area contributed by atoms with Gasteiger partial charge in [0.05, 0.1) is 17.2 Å². The van der Waals surface area contributed by atoms with Gasteiger partial charge in [-0.3, -0.25) is 14.4 Å². The molecule has 2 aromatic carbocycles. The van der Waals surface area contributed by atoms with Crippen molar-refractivity contribution in [3.63, 3.8) is 0 Å². The summed E-state index contributed by atoms with van der Waals surface area (Å²) in [6.45, 7) is 0.314. The van der Waals surface area contributed by atoms with Gasteiger partial charge in [0.15, 0.2) is 0 Å². The average molecular weight is 416 g/mol. The third-order valence-electron chi connectivity index (χ3n) is 4.29. The number of amides is 3. The minimum atomic E-state index is -0.469. The number of anilines is 2. The molecule has 0 aliphatic carbocycles. The highest BCUT2D eigenvalue weighted by molar-refractivity contribution is 9.10. The van der Waals surface area contributed by atoms with Gasteiger partial charge in [-0.25, -0.2) is 0 Å². The van der Waals surface area contributed by atoms with Gasteiger partial charge in [0.25, 0.3) is 5.91 Å². The summed E-state index contributed by atoms with van der Waals surface area (Å²) in [6, 6.07) is 14.2. The molecule has 6 nitrogen and oxygen atoms in total. The number of nitrogens with one attached hydrogen (secondary N) is 2. The summed E-state index contributed by atoms with van der Waals surface area (Å²) in [5, 5.41) is 5.33. The second-order valence-electron chi connectivity index (χ2n) is 6.00. The van der Waals surface area contributed by atoms with Gasteiger partial charge in [-0.15, -0.1) is 0 Å². The van der Waals surface area contributed by atoms with Crippen molar-refractivity contribution in [2.45, 2.75) is 6.42 Å². The zero-order valence-electron chi connectivity index (χ0n) is 14.2. The number of hydrogen-bond donors (Lipinski definition) is 2. The maximum Gasteiger partial charge on any atom is 0.253 e. The Bertz CT molecular complexity index is 851. The molecule has 2 N–H and O–H groups in total. The largest absolute Gasteiger partial charge is 0.355 e. The third-order valence-corrected chi connectivity index (χ3v) is 4.82. The molecule has 0 radical (unpaired) electrons. The molecule has 0 bridgehead atoms. The number of para-hydroxylation sites is 1. The molecule has 2 aromatic rings. The minimum Gasteiger partial charge on any atom is -0.355 e. The molecular weight excluding hydrogens is 398 g/mol. The maximum absolute atomic E-state index is 12.6.